The van der Waals surface area contributed by atoms with Crippen molar-refractivity contribution in [1.82, 2.24) is 10.2 Å². The summed E-state index contributed by atoms with van der Waals surface area (Å²) in [5.74, 6) is 1.22. The number of methoxy groups -OCH3 is 1. The average Bonchev–Trinajstić information content (AvgIpc) is 2.30. The zero-order valence-corrected chi connectivity index (χ0v) is 11.4. The van der Waals surface area contributed by atoms with Crippen molar-refractivity contribution in [2.75, 3.05) is 40.4 Å². The second kappa shape index (κ2) is 7.67. The molecule has 1 N–H and O–H groups in total. The first-order valence-electron chi connectivity index (χ1n) is 6.58. The van der Waals surface area contributed by atoms with Crippen molar-refractivity contribution < 1.29 is 9.53 Å². The molecule has 0 saturated carbocycles. The van der Waals surface area contributed by atoms with Gasteiger partial charge in [0.2, 0.25) is 5.91 Å². The van der Waals surface area contributed by atoms with E-state index in [2.05, 4.69) is 12.2 Å². The van der Waals surface area contributed by atoms with Crippen LogP contribution in [0, 0.1) is 11.8 Å². The molecule has 17 heavy (non-hydrogen) atoms. The third-order valence-corrected chi connectivity index (χ3v) is 3.34. The van der Waals surface area contributed by atoms with Crippen LogP contribution in [0.1, 0.15) is 26.2 Å². The van der Waals surface area contributed by atoms with Gasteiger partial charge >= 0.3 is 0 Å². The molecule has 1 heterocycles. The quantitative estimate of drug-likeness (QED) is 0.759. The van der Waals surface area contributed by atoms with Crippen molar-refractivity contribution in [3.63, 3.8) is 0 Å². The minimum atomic E-state index is 0.287. The van der Waals surface area contributed by atoms with Gasteiger partial charge in [-0.3, -0.25) is 4.79 Å². The normalized spacial score (nSPS) is 22.5. The summed E-state index contributed by atoms with van der Waals surface area (Å²) in [7, 11) is 3.66. The molecule has 0 aliphatic carbocycles. The number of nitrogens with one attached hydrogen (secondary N) is 1. The lowest BCUT2D eigenvalue weighted by atomic mass is 9.97. The fraction of sp³-hybridized carbons (Fsp3) is 0.923. The maximum atomic E-state index is 12.1. The van der Waals surface area contributed by atoms with Crippen molar-refractivity contribution in [3.8, 4) is 0 Å². The zero-order chi connectivity index (χ0) is 12.7. The van der Waals surface area contributed by atoms with Crippen molar-refractivity contribution in [3.05, 3.63) is 0 Å². The summed E-state index contributed by atoms with van der Waals surface area (Å²) >= 11 is 0. The van der Waals surface area contributed by atoms with Crippen molar-refractivity contribution in [1.29, 1.82) is 0 Å². The van der Waals surface area contributed by atoms with Crippen LogP contribution >= 0.6 is 0 Å². The fourth-order valence-corrected chi connectivity index (χ4v) is 2.52. The maximum absolute atomic E-state index is 12.1. The second-order valence-electron chi connectivity index (χ2n) is 5.17. The molecular weight excluding hydrogens is 216 g/mol. The number of ether oxygens (including phenoxy) is 1. The minimum absolute atomic E-state index is 0.287. The van der Waals surface area contributed by atoms with Crippen molar-refractivity contribution in [2.24, 2.45) is 11.8 Å². The Kier molecular flexibility index (Phi) is 6.52. The van der Waals surface area contributed by atoms with E-state index in [1.807, 2.05) is 11.9 Å². The van der Waals surface area contributed by atoms with Gasteiger partial charge in [0.05, 0.1) is 0 Å². The van der Waals surface area contributed by atoms with Crippen LogP contribution in [0.5, 0.6) is 0 Å². The Hall–Kier alpha value is -0.610. The van der Waals surface area contributed by atoms with E-state index < -0.39 is 0 Å². The summed E-state index contributed by atoms with van der Waals surface area (Å²) in [4.78, 5) is 14.1. The maximum Gasteiger partial charge on any atom is 0.222 e. The number of hydrogen-bond donors (Lipinski definition) is 1. The fourth-order valence-electron chi connectivity index (χ4n) is 2.52. The molecule has 0 radical (unpaired) electrons. The van der Waals surface area contributed by atoms with Crippen LogP contribution in [0.2, 0.25) is 0 Å². The summed E-state index contributed by atoms with van der Waals surface area (Å²) in [6.45, 7) is 5.59. The number of nitrogens with zero attached hydrogens (tertiary/aromatic N) is 1. The van der Waals surface area contributed by atoms with Crippen LogP contribution in [0.25, 0.3) is 0 Å². The van der Waals surface area contributed by atoms with E-state index in [0.717, 1.165) is 26.1 Å². The summed E-state index contributed by atoms with van der Waals surface area (Å²) < 4.78 is 5.07. The predicted molar refractivity (Wildman–Crippen MR) is 68.9 cm³/mol. The summed E-state index contributed by atoms with van der Waals surface area (Å²) in [5, 5.41) is 3.20. The van der Waals surface area contributed by atoms with Crippen molar-refractivity contribution in [2.45, 2.75) is 26.2 Å². The third kappa shape index (κ3) is 5.04. The first kappa shape index (κ1) is 14.5. The van der Waals surface area contributed by atoms with Crippen LogP contribution in [-0.4, -0.2) is 51.2 Å². The number of piperidine rings is 1. The highest BCUT2D eigenvalue weighted by molar-refractivity contribution is 5.76. The van der Waals surface area contributed by atoms with Crippen LogP contribution < -0.4 is 5.32 Å². The van der Waals surface area contributed by atoms with E-state index >= 15 is 0 Å². The molecule has 0 aromatic carbocycles. The van der Waals surface area contributed by atoms with E-state index in [-0.39, 0.29) is 5.91 Å². The Morgan fingerprint density at radius 2 is 2.35 bits per heavy atom. The molecule has 1 amide bonds. The van der Waals surface area contributed by atoms with E-state index in [4.69, 9.17) is 4.74 Å². The van der Waals surface area contributed by atoms with Gasteiger partial charge in [0, 0.05) is 33.2 Å². The number of amides is 1. The SMILES string of the molecule is CNCC1CCCN(C(=O)CC(C)COC)C1. The summed E-state index contributed by atoms with van der Waals surface area (Å²) in [5.41, 5.74) is 0. The molecule has 0 bridgehead atoms. The second-order valence-corrected chi connectivity index (χ2v) is 5.17. The number of hydrogen-bond acceptors (Lipinski definition) is 3. The lowest BCUT2D eigenvalue weighted by Crippen LogP contribution is -2.43. The Morgan fingerprint density at radius 1 is 1.59 bits per heavy atom. The topological polar surface area (TPSA) is 41.6 Å². The van der Waals surface area contributed by atoms with E-state index in [1.54, 1.807) is 7.11 Å². The van der Waals surface area contributed by atoms with Gasteiger partial charge in [-0.05, 0) is 38.3 Å². The number of likely N-dealkylation sites (tertiary alicyclic amines) is 1. The zero-order valence-electron chi connectivity index (χ0n) is 11.4. The lowest BCUT2D eigenvalue weighted by Gasteiger charge is -2.33. The van der Waals surface area contributed by atoms with Gasteiger partial charge in [-0.2, -0.15) is 0 Å². The molecule has 4 heteroatoms. The summed E-state index contributed by atoms with van der Waals surface area (Å²) in [6.07, 6.45) is 2.98. The van der Waals surface area contributed by atoms with Gasteiger partial charge in [0.25, 0.3) is 0 Å². The Balaban J connectivity index is 2.35. The first-order chi connectivity index (χ1) is 8.17. The van der Waals surface area contributed by atoms with E-state index in [0.29, 0.717) is 24.9 Å². The number of rotatable bonds is 6. The molecule has 0 aromatic heterocycles. The monoisotopic (exact) mass is 242 g/mol. The van der Waals surface area contributed by atoms with Gasteiger partial charge in [0.15, 0.2) is 0 Å². The molecule has 4 nitrogen and oxygen atoms in total. The van der Waals surface area contributed by atoms with Gasteiger partial charge in [-0.25, -0.2) is 0 Å². The molecule has 1 aliphatic heterocycles. The predicted octanol–water partition coefficient (Wildman–Crippen LogP) is 1.12. The standard InChI is InChI=1S/C13H26N2O2/c1-11(10-17-3)7-13(16)15-6-4-5-12(9-15)8-14-2/h11-12,14H,4-10H2,1-3H3. The average molecular weight is 242 g/mol. The molecule has 1 saturated heterocycles. The molecule has 1 fully saturated rings. The molecule has 0 spiro atoms. The molecular formula is C13H26N2O2. The largest absolute Gasteiger partial charge is 0.384 e. The molecule has 1 aliphatic rings. The Bertz CT molecular complexity index is 231. The van der Waals surface area contributed by atoms with Crippen LogP contribution in [-0.2, 0) is 9.53 Å². The van der Waals surface area contributed by atoms with Gasteiger partial charge < -0.3 is 15.0 Å². The Labute approximate surface area is 105 Å². The van der Waals surface area contributed by atoms with Crippen LogP contribution in [0.3, 0.4) is 0 Å². The minimum Gasteiger partial charge on any atom is -0.384 e. The van der Waals surface area contributed by atoms with Crippen LogP contribution in [0.4, 0.5) is 0 Å². The molecule has 2 atom stereocenters. The molecule has 0 aromatic rings. The molecule has 100 valence electrons. The highest BCUT2D eigenvalue weighted by atomic mass is 16.5. The number of carbonyl (C=O) groups is 1. The smallest absolute Gasteiger partial charge is 0.222 e. The molecule has 1 rings (SSSR count). The van der Waals surface area contributed by atoms with Gasteiger partial charge in [0.1, 0.15) is 0 Å². The molecule has 2 unspecified atom stereocenters. The van der Waals surface area contributed by atoms with Crippen LogP contribution in [0.15, 0.2) is 0 Å². The first-order valence-corrected chi connectivity index (χ1v) is 6.58. The van der Waals surface area contributed by atoms with Gasteiger partial charge in [-0.1, -0.05) is 6.92 Å². The summed E-state index contributed by atoms with van der Waals surface area (Å²) in [6, 6.07) is 0. The Morgan fingerprint density at radius 3 is 3.00 bits per heavy atom. The highest BCUT2D eigenvalue weighted by Crippen LogP contribution is 2.17. The van der Waals surface area contributed by atoms with Gasteiger partial charge in [-0.15, -0.1) is 0 Å². The van der Waals surface area contributed by atoms with Crippen molar-refractivity contribution >= 4 is 5.91 Å². The highest BCUT2D eigenvalue weighted by Gasteiger charge is 2.23. The third-order valence-electron chi connectivity index (χ3n) is 3.34. The number of carbonyl (C=O) groups excluding carboxylic acids is 1. The van der Waals surface area contributed by atoms with E-state index in [1.165, 1.54) is 6.42 Å². The van der Waals surface area contributed by atoms with E-state index in [9.17, 15) is 4.79 Å². The lowest BCUT2D eigenvalue weighted by molar-refractivity contribution is -0.134.